The third-order valence-corrected chi connectivity index (χ3v) is 3.72. The molecule has 8 heteroatoms. The molecule has 0 fully saturated rings. The number of amides is 2. The average molecular weight is 394 g/mol. The number of hydrogen-bond donors (Lipinski definition) is 2. The Labute approximate surface area is 160 Å². The highest BCUT2D eigenvalue weighted by Gasteiger charge is 2.31. The third-order valence-electron chi connectivity index (χ3n) is 3.72. The zero-order valence-electron chi connectivity index (χ0n) is 15.3. The number of nitrogens with one attached hydrogen (secondary N) is 2. The number of halogens is 3. The molecule has 2 N–H and O–H groups in total. The van der Waals surface area contributed by atoms with Gasteiger partial charge in [0.15, 0.2) is 0 Å². The first-order valence-electron chi connectivity index (χ1n) is 8.78. The SMILES string of the molecule is CCCOc1ccc(C(F)(F)F)cc1NC(=O)CCNC(=O)c1ccccc1. The molecule has 0 bridgehead atoms. The average Bonchev–Trinajstić information content (AvgIpc) is 2.66. The molecule has 0 aliphatic rings. The van der Waals surface area contributed by atoms with Crippen LogP contribution in [-0.4, -0.2) is 25.0 Å². The van der Waals surface area contributed by atoms with Crippen molar-refractivity contribution in [3.8, 4) is 5.75 Å². The lowest BCUT2D eigenvalue weighted by atomic mass is 10.1. The van der Waals surface area contributed by atoms with Gasteiger partial charge in [-0.2, -0.15) is 13.2 Å². The minimum atomic E-state index is -4.54. The molecular formula is C20H21F3N2O3. The van der Waals surface area contributed by atoms with Gasteiger partial charge in [-0.1, -0.05) is 25.1 Å². The molecule has 0 atom stereocenters. The van der Waals surface area contributed by atoms with E-state index in [-0.39, 0.29) is 30.3 Å². The fourth-order valence-corrected chi connectivity index (χ4v) is 2.34. The molecule has 0 unspecified atom stereocenters. The molecular weight excluding hydrogens is 373 g/mol. The maximum absolute atomic E-state index is 12.9. The highest BCUT2D eigenvalue weighted by atomic mass is 19.4. The zero-order chi connectivity index (χ0) is 20.6. The van der Waals surface area contributed by atoms with Gasteiger partial charge in [0.1, 0.15) is 5.75 Å². The fourth-order valence-electron chi connectivity index (χ4n) is 2.34. The van der Waals surface area contributed by atoms with Gasteiger partial charge in [-0.05, 0) is 36.8 Å². The summed E-state index contributed by atoms with van der Waals surface area (Å²) < 4.78 is 44.2. The highest BCUT2D eigenvalue weighted by molar-refractivity contribution is 5.95. The van der Waals surface area contributed by atoms with Crippen molar-refractivity contribution in [2.45, 2.75) is 25.9 Å². The largest absolute Gasteiger partial charge is 0.491 e. The standard InChI is InChI=1S/C20H21F3N2O3/c1-2-12-28-17-9-8-15(20(21,22)23)13-16(17)25-18(26)10-11-24-19(27)14-6-4-3-5-7-14/h3-9,13H,2,10-12H2,1H3,(H,24,27)(H,25,26). The van der Waals surface area contributed by atoms with Gasteiger partial charge in [-0.25, -0.2) is 0 Å². The van der Waals surface area contributed by atoms with Crippen LogP contribution in [0.3, 0.4) is 0 Å². The van der Waals surface area contributed by atoms with Gasteiger partial charge in [0.2, 0.25) is 5.91 Å². The molecule has 2 amide bonds. The first-order chi connectivity index (χ1) is 13.3. The van der Waals surface area contributed by atoms with E-state index in [1.54, 1.807) is 30.3 Å². The second-order valence-electron chi connectivity index (χ2n) is 5.98. The van der Waals surface area contributed by atoms with E-state index in [0.29, 0.717) is 18.6 Å². The molecule has 0 aliphatic heterocycles. The molecule has 2 aromatic carbocycles. The fraction of sp³-hybridized carbons (Fsp3) is 0.300. The minimum absolute atomic E-state index is 0.0453. The van der Waals surface area contributed by atoms with Gasteiger partial charge in [-0.3, -0.25) is 9.59 Å². The van der Waals surface area contributed by atoms with Crippen LogP contribution in [0.2, 0.25) is 0 Å². The number of hydrogen-bond acceptors (Lipinski definition) is 3. The molecule has 2 rings (SSSR count). The van der Waals surface area contributed by atoms with Gasteiger partial charge in [0, 0.05) is 18.5 Å². The summed E-state index contributed by atoms with van der Waals surface area (Å²) in [6.45, 7) is 2.21. The van der Waals surface area contributed by atoms with E-state index < -0.39 is 17.6 Å². The van der Waals surface area contributed by atoms with Gasteiger partial charge in [0.25, 0.3) is 5.91 Å². The summed E-state index contributed by atoms with van der Waals surface area (Å²) in [7, 11) is 0. The molecule has 5 nitrogen and oxygen atoms in total. The van der Waals surface area contributed by atoms with Crippen molar-refractivity contribution < 1.29 is 27.5 Å². The van der Waals surface area contributed by atoms with Crippen molar-refractivity contribution in [2.75, 3.05) is 18.5 Å². The van der Waals surface area contributed by atoms with Crippen LogP contribution in [0, 0.1) is 0 Å². The van der Waals surface area contributed by atoms with Gasteiger partial charge in [-0.15, -0.1) is 0 Å². The molecule has 0 saturated heterocycles. The van der Waals surface area contributed by atoms with Crippen molar-refractivity contribution in [2.24, 2.45) is 0 Å². The Morgan fingerprint density at radius 2 is 1.79 bits per heavy atom. The number of ether oxygens (including phenoxy) is 1. The quantitative estimate of drug-likeness (QED) is 0.703. The third kappa shape index (κ3) is 6.29. The van der Waals surface area contributed by atoms with E-state index in [2.05, 4.69) is 10.6 Å². The van der Waals surface area contributed by atoms with Crippen molar-refractivity contribution in [3.05, 3.63) is 59.7 Å². The summed E-state index contributed by atoms with van der Waals surface area (Å²) in [6.07, 6.45) is -3.96. The number of alkyl halides is 3. The van der Waals surface area contributed by atoms with E-state index in [0.717, 1.165) is 12.1 Å². The maximum Gasteiger partial charge on any atom is 0.416 e. The number of carbonyl (C=O) groups excluding carboxylic acids is 2. The van der Waals surface area contributed by atoms with Crippen LogP contribution in [0.25, 0.3) is 0 Å². The Hall–Kier alpha value is -3.03. The normalized spacial score (nSPS) is 11.0. The predicted octanol–water partition coefficient (Wildman–Crippen LogP) is 4.25. The number of anilines is 1. The smallest absolute Gasteiger partial charge is 0.416 e. The van der Waals surface area contributed by atoms with Crippen LogP contribution in [0.15, 0.2) is 48.5 Å². The summed E-state index contributed by atoms with van der Waals surface area (Å²) in [5.41, 5.74) is -0.484. The second-order valence-corrected chi connectivity index (χ2v) is 5.98. The summed E-state index contributed by atoms with van der Waals surface area (Å²) in [4.78, 5) is 24.0. The van der Waals surface area contributed by atoms with Crippen LogP contribution in [0.1, 0.15) is 35.7 Å². The lowest BCUT2D eigenvalue weighted by Crippen LogP contribution is -2.27. The zero-order valence-corrected chi connectivity index (χ0v) is 15.3. The molecule has 0 heterocycles. The monoisotopic (exact) mass is 394 g/mol. The van der Waals surface area contributed by atoms with Crippen molar-refractivity contribution in [1.29, 1.82) is 0 Å². The van der Waals surface area contributed by atoms with E-state index in [9.17, 15) is 22.8 Å². The second kappa shape index (κ2) is 9.77. The number of benzene rings is 2. The topological polar surface area (TPSA) is 67.4 Å². The molecule has 0 radical (unpaired) electrons. The molecule has 0 aromatic heterocycles. The molecule has 150 valence electrons. The highest BCUT2D eigenvalue weighted by Crippen LogP contribution is 2.35. The lowest BCUT2D eigenvalue weighted by Gasteiger charge is -2.15. The Balaban J connectivity index is 1.98. The molecule has 0 saturated carbocycles. The Morgan fingerprint density at radius 3 is 2.43 bits per heavy atom. The van der Waals surface area contributed by atoms with Crippen LogP contribution in [-0.2, 0) is 11.0 Å². The molecule has 2 aromatic rings. The van der Waals surface area contributed by atoms with Gasteiger partial charge >= 0.3 is 6.18 Å². The van der Waals surface area contributed by atoms with E-state index in [1.807, 2.05) is 6.92 Å². The summed E-state index contributed by atoms with van der Waals surface area (Å²) >= 11 is 0. The van der Waals surface area contributed by atoms with Crippen LogP contribution >= 0.6 is 0 Å². The van der Waals surface area contributed by atoms with Crippen LogP contribution in [0.4, 0.5) is 18.9 Å². The van der Waals surface area contributed by atoms with Crippen LogP contribution < -0.4 is 15.4 Å². The molecule has 28 heavy (non-hydrogen) atoms. The first-order valence-corrected chi connectivity index (χ1v) is 8.78. The Morgan fingerprint density at radius 1 is 1.07 bits per heavy atom. The van der Waals surface area contributed by atoms with Gasteiger partial charge in [0.05, 0.1) is 17.9 Å². The summed E-state index contributed by atoms with van der Waals surface area (Å²) in [5.74, 6) is -0.704. The van der Waals surface area contributed by atoms with E-state index >= 15 is 0 Å². The summed E-state index contributed by atoms with van der Waals surface area (Å²) in [5, 5.41) is 5.02. The molecule has 0 spiro atoms. The number of rotatable bonds is 8. The van der Waals surface area contributed by atoms with Crippen molar-refractivity contribution in [1.82, 2.24) is 5.32 Å². The maximum atomic E-state index is 12.9. The van der Waals surface area contributed by atoms with Crippen molar-refractivity contribution >= 4 is 17.5 Å². The Kier molecular flexibility index (Phi) is 7.43. The van der Waals surface area contributed by atoms with Gasteiger partial charge < -0.3 is 15.4 Å². The number of carbonyl (C=O) groups is 2. The Bertz CT molecular complexity index is 808. The molecule has 0 aliphatic carbocycles. The predicted molar refractivity (Wildman–Crippen MR) is 99.3 cm³/mol. The first kappa shape index (κ1) is 21.3. The van der Waals surface area contributed by atoms with Crippen LogP contribution in [0.5, 0.6) is 5.75 Å². The summed E-state index contributed by atoms with van der Waals surface area (Å²) in [6, 6.07) is 11.4. The van der Waals surface area contributed by atoms with Crippen molar-refractivity contribution in [3.63, 3.8) is 0 Å². The minimum Gasteiger partial charge on any atom is -0.491 e. The van der Waals surface area contributed by atoms with E-state index in [1.165, 1.54) is 6.07 Å². The lowest BCUT2D eigenvalue weighted by molar-refractivity contribution is -0.137. The van der Waals surface area contributed by atoms with E-state index in [4.69, 9.17) is 4.74 Å².